The number of Topliss-reactive ketones (excluding diaryl/α,β-unsaturated/α-hetero) is 1. The Bertz CT molecular complexity index is 376. The van der Waals surface area contributed by atoms with Gasteiger partial charge >= 0.3 is 0 Å². The minimum absolute atomic E-state index is 0. The summed E-state index contributed by atoms with van der Waals surface area (Å²) < 4.78 is -1.55. The SMILES string of the molecule is CC(=O)c1ccc(S)c(C(Cl)(Cl)Cl)c1.[Na]. The van der Waals surface area contributed by atoms with Crippen molar-refractivity contribution in [2.24, 2.45) is 0 Å². The third kappa shape index (κ3) is 4.47. The van der Waals surface area contributed by atoms with Gasteiger partial charge in [-0.2, -0.15) is 0 Å². The van der Waals surface area contributed by atoms with Crippen LogP contribution in [0.5, 0.6) is 0 Å². The van der Waals surface area contributed by atoms with Crippen molar-refractivity contribution in [3.05, 3.63) is 29.3 Å². The van der Waals surface area contributed by atoms with Crippen LogP contribution in [-0.2, 0) is 3.79 Å². The molecule has 6 heteroatoms. The molecule has 15 heavy (non-hydrogen) atoms. The zero-order valence-electron chi connectivity index (χ0n) is 8.22. The van der Waals surface area contributed by atoms with E-state index in [2.05, 4.69) is 12.6 Å². The molecule has 77 valence electrons. The molecule has 0 heterocycles. The second kappa shape index (κ2) is 6.15. The second-order valence-corrected chi connectivity index (χ2v) is 5.55. The van der Waals surface area contributed by atoms with Crippen LogP contribution >= 0.6 is 47.4 Å². The Morgan fingerprint density at radius 2 is 1.87 bits per heavy atom. The maximum absolute atomic E-state index is 11.1. The van der Waals surface area contributed by atoms with Crippen molar-refractivity contribution < 1.29 is 4.79 Å². The van der Waals surface area contributed by atoms with Gasteiger partial charge in [0.15, 0.2) is 5.78 Å². The van der Waals surface area contributed by atoms with E-state index in [0.29, 0.717) is 16.0 Å². The Kier molecular flexibility index (Phi) is 6.61. The summed E-state index contributed by atoms with van der Waals surface area (Å²) in [6.07, 6.45) is 0. The number of halogens is 3. The number of carbonyl (C=O) groups is 1. The first-order valence-corrected chi connectivity index (χ1v) is 5.31. The van der Waals surface area contributed by atoms with Crippen LogP contribution in [0.2, 0.25) is 0 Å². The maximum Gasteiger partial charge on any atom is 0.217 e. The van der Waals surface area contributed by atoms with Gasteiger partial charge in [0.2, 0.25) is 3.79 Å². The van der Waals surface area contributed by atoms with Gasteiger partial charge in [0.25, 0.3) is 0 Å². The molecule has 1 radical (unpaired) electrons. The van der Waals surface area contributed by atoms with Gasteiger partial charge < -0.3 is 0 Å². The summed E-state index contributed by atoms with van der Waals surface area (Å²) in [5.41, 5.74) is 0.919. The van der Waals surface area contributed by atoms with Crippen LogP contribution in [0.3, 0.4) is 0 Å². The van der Waals surface area contributed by atoms with E-state index in [9.17, 15) is 4.79 Å². The van der Waals surface area contributed by atoms with Gasteiger partial charge in [-0.1, -0.05) is 40.9 Å². The Morgan fingerprint density at radius 3 is 2.27 bits per heavy atom. The molecular formula is C9H7Cl3NaOS. The summed E-state index contributed by atoms with van der Waals surface area (Å²) in [6, 6.07) is 4.82. The fourth-order valence-corrected chi connectivity index (χ4v) is 1.96. The number of alkyl halides is 3. The smallest absolute Gasteiger partial charge is 0.217 e. The van der Waals surface area contributed by atoms with Crippen LogP contribution < -0.4 is 0 Å². The number of thiol groups is 1. The summed E-state index contributed by atoms with van der Waals surface area (Å²) in [4.78, 5) is 11.6. The Hall–Kier alpha value is 1.11. The van der Waals surface area contributed by atoms with E-state index in [1.807, 2.05) is 0 Å². The molecule has 1 rings (SSSR count). The first-order valence-electron chi connectivity index (χ1n) is 3.73. The van der Waals surface area contributed by atoms with Gasteiger partial charge in [0.1, 0.15) is 0 Å². The van der Waals surface area contributed by atoms with Gasteiger partial charge in [-0.15, -0.1) is 12.6 Å². The topological polar surface area (TPSA) is 17.1 Å². The van der Waals surface area contributed by atoms with Crippen LogP contribution in [-0.4, -0.2) is 35.3 Å². The predicted octanol–water partition coefficient (Wildman–Crippen LogP) is 3.62. The van der Waals surface area contributed by atoms with Crippen LogP contribution in [0.1, 0.15) is 22.8 Å². The van der Waals surface area contributed by atoms with E-state index in [1.165, 1.54) is 13.0 Å². The first kappa shape index (κ1) is 16.1. The molecule has 0 unspecified atom stereocenters. The van der Waals surface area contributed by atoms with E-state index in [1.54, 1.807) is 12.1 Å². The second-order valence-electron chi connectivity index (χ2n) is 2.79. The number of hydrogen-bond acceptors (Lipinski definition) is 2. The number of carbonyl (C=O) groups excluding carboxylic acids is 1. The van der Waals surface area contributed by atoms with Crippen molar-refractivity contribution in [1.82, 2.24) is 0 Å². The summed E-state index contributed by atoms with van der Waals surface area (Å²) in [7, 11) is 0. The van der Waals surface area contributed by atoms with Crippen molar-refractivity contribution in [1.29, 1.82) is 0 Å². The molecule has 0 bridgehead atoms. The third-order valence-electron chi connectivity index (χ3n) is 1.71. The van der Waals surface area contributed by atoms with Crippen LogP contribution in [0.4, 0.5) is 0 Å². The number of benzene rings is 1. The maximum atomic E-state index is 11.1. The third-order valence-corrected chi connectivity index (χ3v) is 2.71. The minimum atomic E-state index is -1.55. The predicted molar refractivity (Wildman–Crippen MR) is 68.7 cm³/mol. The minimum Gasteiger partial charge on any atom is -0.295 e. The van der Waals surface area contributed by atoms with E-state index >= 15 is 0 Å². The zero-order chi connectivity index (χ0) is 10.9. The molecule has 0 atom stereocenters. The zero-order valence-corrected chi connectivity index (χ0v) is 13.4. The van der Waals surface area contributed by atoms with Crippen LogP contribution in [0.15, 0.2) is 23.1 Å². The average Bonchev–Trinajstić information content (AvgIpc) is 2.02. The van der Waals surface area contributed by atoms with Gasteiger partial charge in [-0.05, 0) is 19.1 Å². The molecule has 1 nitrogen and oxygen atoms in total. The molecule has 1 aromatic carbocycles. The van der Waals surface area contributed by atoms with Crippen molar-refractivity contribution in [3.63, 3.8) is 0 Å². The molecule has 0 spiro atoms. The van der Waals surface area contributed by atoms with E-state index in [4.69, 9.17) is 34.8 Å². The molecule has 0 N–H and O–H groups in total. The van der Waals surface area contributed by atoms with Gasteiger partial charge in [0.05, 0.1) is 0 Å². The summed E-state index contributed by atoms with van der Waals surface area (Å²) in [6.45, 7) is 1.45. The quantitative estimate of drug-likeness (QED) is 0.362. The molecule has 0 amide bonds. The number of hydrogen-bond donors (Lipinski definition) is 1. The first-order chi connectivity index (χ1) is 6.32. The molecule has 0 saturated heterocycles. The fourth-order valence-electron chi connectivity index (χ4n) is 0.982. The van der Waals surface area contributed by atoms with Crippen molar-refractivity contribution in [2.45, 2.75) is 15.6 Å². The standard InChI is InChI=1S/C9H7Cl3OS.Na/c1-5(13)6-2-3-8(14)7(4-6)9(10,11)12;/h2-4,14H,1H3;. The molecule has 1 aromatic rings. The Balaban J connectivity index is 0.00000196. The summed E-state index contributed by atoms with van der Waals surface area (Å²) >= 11 is 21.3. The number of ketones is 1. The molecule has 0 aliphatic rings. The number of rotatable bonds is 1. The molecular weight excluding hydrogens is 286 g/mol. The van der Waals surface area contributed by atoms with Crippen LogP contribution in [0, 0.1) is 0 Å². The average molecular weight is 293 g/mol. The van der Waals surface area contributed by atoms with E-state index < -0.39 is 3.79 Å². The van der Waals surface area contributed by atoms with Crippen LogP contribution in [0.25, 0.3) is 0 Å². The fraction of sp³-hybridized carbons (Fsp3) is 0.222. The van der Waals surface area contributed by atoms with Gasteiger partial charge in [0, 0.05) is 45.6 Å². The van der Waals surface area contributed by atoms with Crippen molar-refractivity contribution in [2.75, 3.05) is 0 Å². The summed E-state index contributed by atoms with van der Waals surface area (Å²) in [5.74, 6) is -0.0752. The molecule has 0 aromatic heterocycles. The molecule has 0 fully saturated rings. The van der Waals surface area contributed by atoms with Gasteiger partial charge in [-0.25, -0.2) is 0 Å². The molecule has 0 aliphatic carbocycles. The van der Waals surface area contributed by atoms with Crippen molar-refractivity contribution >= 4 is 82.8 Å². The van der Waals surface area contributed by atoms with Gasteiger partial charge in [-0.3, -0.25) is 4.79 Å². The summed E-state index contributed by atoms with van der Waals surface area (Å²) in [5, 5.41) is 0. The Morgan fingerprint density at radius 1 is 1.33 bits per heavy atom. The van der Waals surface area contributed by atoms with E-state index in [-0.39, 0.29) is 35.3 Å². The Labute approximate surface area is 131 Å². The monoisotopic (exact) mass is 291 g/mol. The molecule has 0 saturated carbocycles. The normalized spacial score (nSPS) is 10.7. The van der Waals surface area contributed by atoms with E-state index in [0.717, 1.165) is 0 Å². The molecule has 0 aliphatic heterocycles. The largest absolute Gasteiger partial charge is 0.295 e. The van der Waals surface area contributed by atoms with Crippen molar-refractivity contribution in [3.8, 4) is 0 Å².